The Hall–Kier alpha value is 0.970. The molecule has 0 saturated heterocycles. The van der Waals surface area contributed by atoms with Crippen LogP contribution in [0.4, 0.5) is 0 Å². The summed E-state index contributed by atoms with van der Waals surface area (Å²) in [5.41, 5.74) is 0. The second-order valence-corrected chi connectivity index (χ2v) is 27.2. The fraction of sp³-hybridized carbons (Fsp3) is 1.00. The Bertz CT molecular complexity index is 559. The fourth-order valence-corrected chi connectivity index (χ4v) is 26.0. The van der Waals surface area contributed by atoms with Crippen molar-refractivity contribution in [1.29, 1.82) is 0 Å². The van der Waals surface area contributed by atoms with Crippen molar-refractivity contribution in [3.8, 4) is 0 Å². The van der Waals surface area contributed by atoms with E-state index in [9.17, 15) is 9.46 Å². The van der Waals surface area contributed by atoms with Crippen molar-refractivity contribution in [2.24, 2.45) is 0 Å². The van der Waals surface area contributed by atoms with Gasteiger partial charge in [-0.05, 0) is 0 Å². The van der Waals surface area contributed by atoms with Crippen molar-refractivity contribution >= 4 is 21.5 Å². The van der Waals surface area contributed by atoms with Crippen LogP contribution in [0, 0.1) is 0 Å². The van der Waals surface area contributed by atoms with E-state index in [1.54, 1.807) is 0 Å². The fourth-order valence-electron chi connectivity index (χ4n) is 6.73. The predicted molar refractivity (Wildman–Crippen MR) is 205 cm³/mol. The molecule has 0 bridgehead atoms. The molecule has 0 spiro atoms. The molecule has 266 valence electrons. The molecule has 4 nitrogen and oxygen atoms in total. The molecule has 0 fully saturated rings. The number of unbranched alkanes of at least 4 members (excludes halogenated alkanes) is 9. The number of hydrogen-bond donors (Lipinski definition) is 1. The third kappa shape index (κ3) is 17.6. The second-order valence-electron chi connectivity index (χ2n) is 14.0. The van der Waals surface area contributed by atoms with E-state index in [-0.39, 0.29) is 0 Å². The van der Waals surface area contributed by atoms with Gasteiger partial charge in [-0.2, -0.15) is 0 Å². The summed E-state index contributed by atoms with van der Waals surface area (Å²) in [5, 5.41) is 0. The van der Waals surface area contributed by atoms with E-state index in [4.69, 9.17) is 8.62 Å². The first kappa shape index (κ1) is 46.1. The van der Waals surface area contributed by atoms with Crippen molar-refractivity contribution < 1.29 is 18.1 Å². The van der Waals surface area contributed by atoms with E-state index in [2.05, 4.69) is 69.2 Å². The van der Waals surface area contributed by atoms with Crippen LogP contribution in [0.25, 0.3) is 0 Å². The number of hydrogen-bond acceptors (Lipinski definition) is 3. The molecule has 0 atom stereocenters. The maximum absolute atomic E-state index is 14.7. The van der Waals surface area contributed by atoms with Crippen LogP contribution in [0.3, 0.4) is 0 Å². The molecule has 0 unspecified atom stereocenters. The summed E-state index contributed by atoms with van der Waals surface area (Å²) in [6.07, 6.45) is 28.0. The maximum atomic E-state index is 14.7. The van der Waals surface area contributed by atoms with Gasteiger partial charge in [0, 0.05) is 0 Å². The van der Waals surface area contributed by atoms with Crippen molar-refractivity contribution in [3.05, 3.63) is 0 Å². The first-order valence-corrected chi connectivity index (χ1v) is 26.5. The van der Waals surface area contributed by atoms with Crippen molar-refractivity contribution in [2.45, 2.75) is 185 Å². The Balaban J connectivity index is 0. The zero-order valence-corrected chi connectivity index (χ0v) is 34.1. The monoisotopic (exact) mass is 673 g/mol. The van der Waals surface area contributed by atoms with Gasteiger partial charge in [0.25, 0.3) is 0 Å². The summed E-state index contributed by atoms with van der Waals surface area (Å²) in [7, 11) is -4.27. The van der Waals surface area contributed by atoms with Crippen molar-refractivity contribution in [2.75, 3.05) is 49.3 Å². The minimum atomic E-state index is -4.27. The van der Waals surface area contributed by atoms with Crippen LogP contribution in [-0.2, 0) is 13.2 Å². The molecule has 0 aromatic heterocycles. The summed E-state index contributed by atoms with van der Waals surface area (Å²) in [6.45, 7) is 16.4. The van der Waals surface area contributed by atoms with Gasteiger partial charge in [0.1, 0.15) is 0 Å². The molecule has 7 heteroatoms. The molecular weight excluding hydrogens is 589 g/mol. The number of rotatable bonds is 29. The SMILES string of the molecule is CCCC.CCCCP(CCCC)(CCCC)(CCCC)OP(=O)(O)OP(CCCC)(CCCC)(CCCC)CCCC. The first-order chi connectivity index (χ1) is 20.4. The molecule has 0 aromatic carbocycles. The molecule has 0 aliphatic carbocycles. The molecule has 0 saturated carbocycles. The van der Waals surface area contributed by atoms with E-state index in [0.717, 1.165) is 152 Å². The molecule has 1 N–H and O–H groups in total. The van der Waals surface area contributed by atoms with Crippen LogP contribution >= 0.6 is 21.5 Å². The van der Waals surface area contributed by atoms with E-state index in [0.29, 0.717) is 0 Å². The van der Waals surface area contributed by atoms with Gasteiger partial charge in [0.15, 0.2) is 0 Å². The molecule has 0 rings (SSSR count). The van der Waals surface area contributed by atoms with Gasteiger partial charge in [-0.15, -0.1) is 0 Å². The molecule has 0 heterocycles. The van der Waals surface area contributed by atoms with E-state index in [1.807, 2.05) is 0 Å². The van der Waals surface area contributed by atoms with Gasteiger partial charge >= 0.3 is 247 Å². The van der Waals surface area contributed by atoms with Crippen LogP contribution in [0.1, 0.15) is 185 Å². The quantitative estimate of drug-likeness (QED) is 0.0804. The number of phosphoric acid groups is 1. The molecule has 0 aromatic rings. The molecular formula is C36H83O4P3. The zero-order chi connectivity index (χ0) is 33.2. The first-order valence-electron chi connectivity index (χ1n) is 19.2. The summed E-state index contributed by atoms with van der Waals surface area (Å²) in [6, 6.07) is 0. The second kappa shape index (κ2) is 25.0. The molecule has 43 heavy (non-hydrogen) atoms. The third-order valence-corrected chi connectivity index (χ3v) is 26.7. The van der Waals surface area contributed by atoms with E-state index < -0.39 is 21.5 Å². The Morgan fingerprint density at radius 3 is 0.651 bits per heavy atom. The zero-order valence-electron chi connectivity index (χ0n) is 31.4. The Labute approximate surface area is 273 Å². The van der Waals surface area contributed by atoms with Gasteiger partial charge in [-0.1, -0.05) is 26.7 Å². The third-order valence-electron chi connectivity index (χ3n) is 9.79. The standard InChI is InChI=1S/C32H73O4P3.C4H10/c1-9-17-25-38(26-18-10-2,27-19-11-3,28-20-12-4)35-37(33,34)36-39(29-21-13-5,30-22-14-6,31-23-15-7)32-24-16-8;1-3-4-2/h9-32H2,1-8H3,(H,33,34);3-4H2,1-2H3. The van der Waals surface area contributed by atoms with Crippen molar-refractivity contribution in [1.82, 2.24) is 0 Å². The van der Waals surface area contributed by atoms with Crippen LogP contribution in [0.2, 0.25) is 0 Å². The molecule has 0 aliphatic rings. The van der Waals surface area contributed by atoms with Gasteiger partial charge in [-0.3, -0.25) is 0 Å². The van der Waals surface area contributed by atoms with Crippen LogP contribution in [-0.4, -0.2) is 54.2 Å². The Kier molecular flexibility index (Phi) is 26.8. The topological polar surface area (TPSA) is 55.8 Å². The summed E-state index contributed by atoms with van der Waals surface area (Å²) >= 11 is 0. The van der Waals surface area contributed by atoms with Crippen molar-refractivity contribution in [3.63, 3.8) is 0 Å². The molecule has 0 amide bonds. The van der Waals surface area contributed by atoms with Gasteiger partial charge in [0.2, 0.25) is 0 Å². The summed E-state index contributed by atoms with van der Waals surface area (Å²) in [5.74, 6) is 0. The average molecular weight is 673 g/mol. The summed E-state index contributed by atoms with van der Waals surface area (Å²) < 4.78 is 28.9. The summed E-state index contributed by atoms with van der Waals surface area (Å²) in [4.78, 5) is 12.1. The van der Waals surface area contributed by atoms with Gasteiger partial charge in [-0.25, -0.2) is 0 Å². The van der Waals surface area contributed by atoms with Gasteiger partial charge in [0.05, 0.1) is 0 Å². The minimum absolute atomic E-state index is 0.986. The van der Waals surface area contributed by atoms with E-state index >= 15 is 0 Å². The van der Waals surface area contributed by atoms with E-state index in [1.165, 1.54) is 12.8 Å². The normalized spacial score (nSPS) is 15.5. The predicted octanol–water partition coefficient (Wildman–Crippen LogP) is 14.3. The molecule has 0 radical (unpaired) electrons. The Morgan fingerprint density at radius 1 is 0.372 bits per heavy atom. The van der Waals surface area contributed by atoms with Crippen LogP contribution < -0.4 is 0 Å². The molecule has 0 aliphatic heterocycles. The van der Waals surface area contributed by atoms with Crippen LogP contribution in [0.15, 0.2) is 0 Å². The average Bonchev–Trinajstić information content (AvgIpc) is 3.01. The van der Waals surface area contributed by atoms with Crippen LogP contribution in [0.5, 0.6) is 0 Å². The van der Waals surface area contributed by atoms with Gasteiger partial charge < -0.3 is 0 Å². The Morgan fingerprint density at radius 2 is 0.535 bits per heavy atom.